The Morgan fingerprint density at radius 2 is 2.10 bits per heavy atom. The van der Waals surface area contributed by atoms with E-state index >= 15 is 0 Å². The van der Waals surface area contributed by atoms with Gasteiger partial charge in [0.2, 0.25) is 0 Å². The van der Waals surface area contributed by atoms with Gasteiger partial charge in [0.1, 0.15) is 12.4 Å². The third-order valence-corrected chi connectivity index (χ3v) is 5.79. The highest BCUT2D eigenvalue weighted by Gasteiger charge is 2.37. The van der Waals surface area contributed by atoms with Gasteiger partial charge in [0.15, 0.2) is 5.16 Å². The Labute approximate surface area is 174 Å². The normalized spacial score (nSPS) is 15.5. The van der Waals surface area contributed by atoms with Crippen molar-refractivity contribution >= 4 is 23.5 Å². The van der Waals surface area contributed by atoms with E-state index in [0.717, 1.165) is 23.3 Å². The third-order valence-electron chi connectivity index (χ3n) is 4.72. The third kappa shape index (κ3) is 4.29. The van der Waals surface area contributed by atoms with E-state index in [2.05, 4.69) is 28.8 Å². The number of esters is 1. The van der Waals surface area contributed by atoms with Crippen LogP contribution in [-0.2, 0) is 9.53 Å². The number of carbonyl (C=O) groups excluding carboxylic acids is 1. The first kappa shape index (κ1) is 20.9. The largest absolute Gasteiger partial charge is 0.458 e. The summed E-state index contributed by atoms with van der Waals surface area (Å²) in [5.74, 6) is 0.305. The quantitative estimate of drug-likeness (QED) is 0.308. The summed E-state index contributed by atoms with van der Waals surface area (Å²) in [6, 6.07) is 7.73. The van der Waals surface area contributed by atoms with Gasteiger partial charge in [-0.05, 0) is 31.4 Å². The molecule has 2 heterocycles. The van der Waals surface area contributed by atoms with Gasteiger partial charge >= 0.3 is 5.97 Å². The van der Waals surface area contributed by atoms with Crippen molar-refractivity contribution < 1.29 is 9.53 Å². The molecule has 0 saturated heterocycles. The molecule has 3 rings (SSSR count). The van der Waals surface area contributed by atoms with Crippen LogP contribution in [0.4, 0.5) is 5.82 Å². The van der Waals surface area contributed by atoms with E-state index in [1.165, 1.54) is 17.8 Å². The highest BCUT2D eigenvalue weighted by Crippen LogP contribution is 2.41. The number of rotatable bonds is 7. The molecule has 29 heavy (non-hydrogen) atoms. The predicted octanol–water partition coefficient (Wildman–Crippen LogP) is 4.14. The van der Waals surface area contributed by atoms with Crippen molar-refractivity contribution in [2.75, 3.05) is 17.7 Å². The molecular formula is C22H25N3O3S. The number of allylic oxidation sites excluding steroid dienone is 1. The smallest absolute Gasteiger partial charge is 0.337 e. The lowest BCUT2D eigenvalue weighted by Gasteiger charge is -2.29. The maximum atomic E-state index is 13.1. The number of anilines is 1. The van der Waals surface area contributed by atoms with E-state index in [9.17, 15) is 9.59 Å². The van der Waals surface area contributed by atoms with E-state index < -0.39 is 11.9 Å². The second-order valence-electron chi connectivity index (χ2n) is 6.82. The van der Waals surface area contributed by atoms with Crippen molar-refractivity contribution in [3.63, 3.8) is 0 Å². The zero-order chi connectivity index (χ0) is 21.0. The van der Waals surface area contributed by atoms with Crippen LogP contribution in [0.2, 0.25) is 0 Å². The van der Waals surface area contributed by atoms with E-state index in [4.69, 9.17) is 4.74 Å². The average Bonchev–Trinajstić information content (AvgIpc) is 2.69. The molecule has 1 aromatic carbocycles. The molecule has 1 aliphatic heterocycles. The molecule has 6 nitrogen and oxygen atoms in total. The fourth-order valence-electron chi connectivity index (χ4n) is 3.40. The van der Waals surface area contributed by atoms with Crippen LogP contribution in [0, 0.1) is 6.92 Å². The van der Waals surface area contributed by atoms with Crippen molar-refractivity contribution in [1.82, 2.24) is 9.97 Å². The number of hydrogen-bond donors (Lipinski definition) is 2. The molecule has 0 unspecified atom stereocenters. The van der Waals surface area contributed by atoms with Gasteiger partial charge in [-0.2, -0.15) is 0 Å². The number of hydrogen-bond acceptors (Lipinski definition) is 6. The van der Waals surface area contributed by atoms with Crippen molar-refractivity contribution in [3.05, 3.63) is 75.2 Å². The average molecular weight is 412 g/mol. The number of benzene rings is 1. The van der Waals surface area contributed by atoms with E-state index in [1.807, 2.05) is 31.2 Å². The number of thioether (sulfide) groups is 1. The number of fused-ring (bicyclic) bond motifs is 1. The van der Waals surface area contributed by atoms with Crippen LogP contribution >= 0.6 is 11.8 Å². The second kappa shape index (κ2) is 9.13. The second-order valence-corrected chi connectivity index (χ2v) is 7.91. The molecule has 0 fully saturated rings. The Morgan fingerprint density at radius 1 is 1.34 bits per heavy atom. The number of carbonyl (C=O) groups is 1. The van der Waals surface area contributed by atoms with Crippen molar-refractivity contribution in [3.8, 4) is 0 Å². The molecule has 152 valence electrons. The van der Waals surface area contributed by atoms with E-state index in [1.54, 1.807) is 6.92 Å². The van der Waals surface area contributed by atoms with E-state index in [-0.39, 0.29) is 12.2 Å². The lowest BCUT2D eigenvalue weighted by molar-refractivity contribution is -0.138. The number of aromatic amines is 1. The minimum absolute atomic E-state index is 0.101. The minimum Gasteiger partial charge on any atom is -0.458 e. The number of aryl methyl sites for hydroxylation is 1. The minimum atomic E-state index is -0.564. The van der Waals surface area contributed by atoms with Gasteiger partial charge in [-0.3, -0.25) is 4.79 Å². The van der Waals surface area contributed by atoms with Crippen LogP contribution in [-0.4, -0.2) is 28.3 Å². The van der Waals surface area contributed by atoms with Gasteiger partial charge < -0.3 is 15.0 Å². The van der Waals surface area contributed by atoms with Crippen LogP contribution in [0.1, 0.15) is 42.9 Å². The van der Waals surface area contributed by atoms with Gasteiger partial charge in [0.05, 0.1) is 17.1 Å². The zero-order valence-electron chi connectivity index (χ0n) is 16.9. The van der Waals surface area contributed by atoms with Crippen LogP contribution < -0.4 is 10.9 Å². The molecule has 1 atom stereocenters. The lowest BCUT2D eigenvalue weighted by Crippen LogP contribution is -2.31. The Balaban J connectivity index is 2.19. The number of nitrogens with zero attached hydrogens (tertiary/aromatic N) is 1. The molecule has 0 radical (unpaired) electrons. The van der Waals surface area contributed by atoms with Gasteiger partial charge in [-0.1, -0.05) is 55.6 Å². The monoisotopic (exact) mass is 411 g/mol. The summed E-state index contributed by atoms with van der Waals surface area (Å²) in [5.41, 5.74) is 3.07. The molecule has 0 aliphatic carbocycles. The molecule has 1 aliphatic rings. The summed E-state index contributed by atoms with van der Waals surface area (Å²) in [6.45, 7) is 9.54. The summed E-state index contributed by atoms with van der Waals surface area (Å²) >= 11 is 1.50. The first-order valence-electron chi connectivity index (χ1n) is 9.56. The summed E-state index contributed by atoms with van der Waals surface area (Å²) in [5, 5.41) is 3.72. The highest BCUT2D eigenvalue weighted by molar-refractivity contribution is 7.99. The number of aromatic nitrogens is 2. The molecule has 0 saturated carbocycles. The van der Waals surface area contributed by atoms with Crippen molar-refractivity contribution in [2.45, 2.75) is 38.3 Å². The highest BCUT2D eigenvalue weighted by atomic mass is 32.2. The maximum absolute atomic E-state index is 13.1. The lowest BCUT2D eigenvalue weighted by atomic mass is 9.80. The Kier molecular flexibility index (Phi) is 6.59. The van der Waals surface area contributed by atoms with E-state index in [0.29, 0.717) is 27.8 Å². The first-order chi connectivity index (χ1) is 14.0. The molecule has 7 heteroatoms. The Morgan fingerprint density at radius 3 is 2.79 bits per heavy atom. The van der Waals surface area contributed by atoms with Crippen LogP contribution in [0.5, 0.6) is 0 Å². The van der Waals surface area contributed by atoms with Gasteiger partial charge in [-0.25, -0.2) is 9.78 Å². The number of ether oxygens (including phenoxy) is 1. The molecule has 0 bridgehead atoms. The molecule has 1 aromatic heterocycles. The first-order valence-corrected chi connectivity index (χ1v) is 10.5. The molecule has 0 spiro atoms. The topological polar surface area (TPSA) is 84.1 Å². The van der Waals surface area contributed by atoms with Gasteiger partial charge in [-0.15, -0.1) is 0 Å². The number of nitrogens with one attached hydrogen (secondary N) is 2. The van der Waals surface area contributed by atoms with Gasteiger partial charge in [0, 0.05) is 11.4 Å². The summed E-state index contributed by atoms with van der Waals surface area (Å²) < 4.78 is 5.33. The molecular weight excluding hydrogens is 386 g/mol. The SMILES string of the molecule is C=CCOC(=O)C1=C(C)Nc2nc(SCCC)[nH]c(=O)c2[C@@H]1c1ccccc1C. The summed E-state index contributed by atoms with van der Waals surface area (Å²) in [4.78, 5) is 33.5. The Bertz CT molecular complexity index is 1030. The summed E-state index contributed by atoms with van der Waals surface area (Å²) in [7, 11) is 0. The van der Waals surface area contributed by atoms with Crippen LogP contribution in [0.3, 0.4) is 0 Å². The number of H-pyrrole nitrogens is 1. The Hall–Kier alpha value is -2.80. The maximum Gasteiger partial charge on any atom is 0.337 e. The van der Waals surface area contributed by atoms with Crippen molar-refractivity contribution in [2.24, 2.45) is 0 Å². The summed E-state index contributed by atoms with van der Waals surface area (Å²) in [6.07, 6.45) is 2.50. The zero-order valence-corrected chi connectivity index (χ0v) is 17.7. The van der Waals surface area contributed by atoms with Crippen LogP contribution in [0.15, 0.2) is 58.1 Å². The standard InChI is InChI=1S/C22H25N3O3S/c1-5-11-28-21(27)16-14(4)23-19-18(17(16)15-10-8-7-9-13(15)3)20(26)25-22(24-19)29-12-6-2/h5,7-10,17H,1,6,11-12H2,2-4H3,(H2,23,24,25,26)/t17-/m1/s1. The molecule has 2 N–H and O–H groups in total. The predicted molar refractivity (Wildman–Crippen MR) is 116 cm³/mol. The van der Waals surface area contributed by atoms with Gasteiger partial charge in [0.25, 0.3) is 5.56 Å². The van der Waals surface area contributed by atoms with Crippen molar-refractivity contribution in [1.29, 1.82) is 0 Å². The van der Waals surface area contributed by atoms with Crippen LogP contribution in [0.25, 0.3) is 0 Å². The molecule has 0 amide bonds. The fraction of sp³-hybridized carbons (Fsp3) is 0.318. The molecule has 2 aromatic rings. The fourth-order valence-corrected chi connectivity index (χ4v) is 4.12.